The minimum atomic E-state index is -0.672. The van der Waals surface area contributed by atoms with Crippen LogP contribution in [0.4, 0.5) is 4.39 Å². The predicted octanol–water partition coefficient (Wildman–Crippen LogP) is 3.33. The summed E-state index contributed by atoms with van der Waals surface area (Å²) in [7, 11) is 3.08. The van der Waals surface area contributed by atoms with E-state index in [2.05, 4.69) is 5.32 Å². The van der Waals surface area contributed by atoms with E-state index in [9.17, 15) is 14.0 Å². The number of benzene rings is 2. The Labute approximate surface area is 177 Å². The number of hydrogen-bond acceptors (Lipinski definition) is 4. The number of ether oxygens (including phenoxy) is 2. The van der Waals surface area contributed by atoms with Crippen LogP contribution in [0.5, 0.6) is 11.5 Å². The van der Waals surface area contributed by atoms with Crippen LogP contribution in [0.1, 0.15) is 31.4 Å². The molecule has 0 radical (unpaired) electrons. The number of rotatable bonds is 10. The van der Waals surface area contributed by atoms with Crippen molar-refractivity contribution in [2.75, 3.05) is 20.8 Å². The van der Waals surface area contributed by atoms with Crippen molar-refractivity contribution in [2.45, 2.75) is 39.3 Å². The zero-order chi connectivity index (χ0) is 22.1. The van der Waals surface area contributed by atoms with Gasteiger partial charge < -0.3 is 19.7 Å². The average Bonchev–Trinajstić information content (AvgIpc) is 2.76. The smallest absolute Gasteiger partial charge is 0.242 e. The van der Waals surface area contributed by atoms with Crippen molar-refractivity contribution in [3.05, 3.63) is 59.4 Å². The third kappa shape index (κ3) is 6.20. The largest absolute Gasteiger partial charge is 0.493 e. The minimum absolute atomic E-state index is 0.0902. The maximum atomic E-state index is 13.3. The number of hydrogen-bond donors (Lipinski definition) is 1. The molecule has 0 aliphatic carbocycles. The first-order valence-corrected chi connectivity index (χ1v) is 9.92. The Hall–Kier alpha value is -3.09. The van der Waals surface area contributed by atoms with Crippen LogP contribution in [0.25, 0.3) is 0 Å². The molecule has 2 aromatic rings. The SMILES string of the molecule is CCCNC(=O)[C@H](C)N(Cc1ccc(F)cc1)C(=O)Cc1ccc(OC)c(OC)c1. The van der Waals surface area contributed by atoms with E-state index in [1.807, 2.05) is 6.92 Å². The van der Waals surface area contributed by atoms with Gasteiger partial charge in [-0.2, -0.15) is 0 Å². The first-order valence-electron chi connectivity index (χ1n) is 9.92. The maximum Gasteiger partial charge on any atom is 0.242 e. The van der Waals surface area contributed by atoms with E-state index < -0.39 is 6.04 Å². The van der Waals surface area contributed by atoms with Crippen LogP contribution in [0.15, 0.2) is 42.5 Å². The normalized spacial score (nSPS) is 11.5. The molecule has 0 saturated heterocycles. The van der Waals surface area contributed by atoms with Crippen molar-refractivity contribution in [2.24, 2.45) is 0 Å². The molecule has 0 spiro atoms. The molecule has 0 unspecified atom stereocenters. The molecule has 1 atom stereocenters. The average molecular weight is 416 g/mol. The molecule has 0 saturated carbocycles. The Bertz CT molecular complexity index is 855. The molecule has 0 aromatic heterocycles. The van der Waals surface area contributed by atoms with Crippen molar-refractivity contribution in [3.63, 3.8) is 0 Å². The highest BCUT2D eigenvalue weighted by Crippen LogP contribution is 2.28. The second-order valence-corrected chi connectivity index (χ2v) is 6.98. The molecule has 7 heteroatoms. The topological polar surface area (TPSA) is 67.9 Å². The summed E-state index contributed by atoms with van der Waals surface area (Å²) in [5, 5.41) is 2.83. The van der Waals surface area contributed by atoms with Gasteiger partial charge in [0.1, 0.15) is 11.9 Å². The lowest BCUT2D eigenvalue weighted by molar-refractivity contribution is -0.140. The Morgan fingerprint density at radius 2 is 1.67 bits per heavy atom. The van der Waals surface area contributed by atoms with Gasteiger partial charge in [-0.25, -0.2) is 4.39 Å². The lowest BCUT2D eigenvalue weighted by Crippen LogP contribution is -2.48. The number of carbonyl (C=O) groups is 2. The van der Waals surface area contributed by atoms with Crippen LogP contribution in [-0.4, -0.2) is 43.5 Å². The molecule has 6 nitrogen and oxygen atoms in total. The van der Waals surface area contributed by atoms with Gasteiger partial charge in [0.05, 0.1) is 20.6 Å². The molecular formula is C23H29FN2O4. The van der Waals surface area contributed by atoms with Crippen molar-refractivity contribution < 1.29 is 23.5 Å². The lowest BCUT2D eigenvalue weighted by Gasteiger charge is -2.29. The summed E-state index contributed by atoms with van der Waals surface area (Å²) in [5.74, 6) is 0.312. The highest BCUT2D eigenvalue weighted by atomic mass is 19.1. The third-order valence-electron chi connectivity index (χ3n) is 4.79. The maximum absolute atomic E-state index is 13.3. The van der Waals surface area contributed by atoms with E-state index in [1.54, 1.807) is 44.4 Å². The number of amides is 2. The summed E-state index contributed by atoms with van der Waals surface area (Å²) in [6, 6.07) is 10.5. The van der Waals surface area contributed by atoms with Crippen LogP contribution >= 0.6 is 0 Å². The van der Waals surface area contributed by atoms with Gasteiger partial charge in [0.2, 0.25) is 11.8 Å². The molecule has 0 heterocycles. The van der Waals surface area contributed by atoms with Gasteiger partial charge in [0, 0.05) is 13.1 Å². The molecule has 162 valence electrons. The van der Waals surface area contributed by atoms with E-state index in [-0.39, 0.29) is 30.6 Å². The fraction of sp³-hybridized carbons (Fsp3) is 0.391. The Kier molecular flexibility index (Phi) is 8.65. The van der Waals surface area contributed by atoms with Crippen molar-refractivity contribution in [1.29, 1.82) is 0 Å². The molecule has 2 aromatic carbocycles. The van der Waals surface area contributed by atoms with E-state index in [0.29, 0.717) is 18.0 Å². The second kappa shape index (κ2) is 11.2. The summed E-state index contributed by atoms with van der Waals surface area (Å²) >= 11 is 0. The monoisotopic (exact) mass is 416 g/mol. The second-order valence-electron chi connectivity index (χ2n) is 6.98. The van der Waals surface area contributed by atoms with Crippen LogP contribution in [0.3, 0.4) is 0 Å². The molecule has 2 rings (SSSR count). The zero-order valence-corrected chi connectivity index (χ0v) is 17.9. The van der Waals surface area contributed by atoms with Crippen LogP contribution < -0.4 is 14.8 Å². The number of halogens is 1. The molecular weight excluding hydrogens is 387 g/mol. The van der Waals surface area contributed by atoms with Crippen molar-refractivity contribution >= 4 is 11.8 Å². The number of carbonyl (C=O) groups excluding carboxylic acids is 2. The lowest BCUT2D eigenvalue weighted by atomic mass is 10.1. The standard InChI is InChI=1S/C23H29FN2O4/c1-5-12-25-23(28)16(2)26(15-17-6-9-19(24)10-7-17)22(27)14-18-8-11-20(29-3)21(13-18)30-4/h6-11,13,16H,5,12,14-15H2,1-4H3,(H,25,28)/t16-/m0/s1. The molecule has 30 heavy (non-hydrogen) atoms. The predicted molar refractivity (Wildman–Crippen MR) is 113 cm³/mol. The molecule has 0 aliphatic rings. The van der Waals surface area contributed by atoms with Gasteiger partial charge in [0.25, 0.3) is 0 Å². The van der Waals surface area contributed by atoms with Gasteiger partial charge in [-0.15, -0.1) is 0 Å². The number of nitrogens with one attached hydrogen (secondary N) is 1. The van der Waals surface area contributed by atoms with Crippen molar-refractivity contribution in [1.82, 2.24) is 10.2 Å². The van der Waals surface area contributed by atoms with E-state index >= 15 is 0 Å². The summed E-state index contributed by atoms with van der Waals surface area (Å²) in [4.78, 5) is 27.2. The molecule has 2 amide bonds. The zero-order valence-electron chi connectivity index (χ0n) is 17.9. The number of nitrogens with zero attached hydrogens (tertiary/aromatic N) is 1. The first kappa shape index (κ1) is 23.2. The highest BCUT2D eigenvalue weighted by Gasteiger charge is 2.26. The van der Waals surface area contributed by atoms with Crippen LogP contribution in [0.2, 0.25) is 0 Å². The van der Waals surface area contributed by atoms with E-state index in [1.165, 1.54) is 24.1 Å². The van der Waals surface area contributed by atoms with Gasteiger partial charge in [0.15, 0.2) is 11.5 Å². The molecule has 0 bridgehead atoms. The first-order chi connectivity index (χ1) is 14.4. The van der Waals surface area contributed by atoms with Gasteiger partial charge in [-0.1, -0.05) is 25.1 Å². The molecule has 0 aliphatic heterocycles. The summed E-state index contributed by atoms with van der Waals surface area (Å²) in [5.41, 5.74) is 1.48. The van der Waals surface area contributed by atoms with E-state index in [0.717, 1.165) is 17.5 Å². The molecule has 0 fully saturated rings. The van der Waals surface area contributed by atoms with E-state index in [4.69, 9.17) is 9.47 Å². The third-order valence-corrected chi connectivity index (χ3v) is 4.79. The summed E-state index contributed by atoms with van der Waals surface area (Å²) in [6.45, 7) is 4.40. The Balaban J connectivity index is 2.24. The minimum Gasteiger partial charge on any atom is -0.493 e. The van der Waals surface area contributed by atoms with Gasteiger partial charge in [-0.3, -0.25) is 9.59 Å². The van der Waals surface area contributed by atoms with Gasteiger partial charge >= 0.3 is 0 Å². The van der Waals surface area contributed by atoms with Gasteiger partial charge in [-0.05, 0) is 48.7 Å². The molecule has 1 N–H and O–H groups in total. The number of methoxy groups -OCH3 is 2. The summed E-state index contributed by atoms with van der Waals surface area (Å²) in [6.07, 6.45) is 0.892. The fourth-order valence-corrected chi connectivity index (χ4v) is 3.03. The Morgan fingerprint density at radius 3 is 2.27 bits per heavy atom. The van der Waals surface area contributed by atoms with Crippen LogP contribution in [0, 0.1) is 5.82 Å². The quantitative estimate of drug-likeness (QED) is 0.645. The van der Waals surface area contributed by atoms with Crippen LogP contribution in [-0.2, 0) is 22.6 Å². The van der Waals surface area contributed by atoms with Crippen molar-refractivity contribution in [3.8, 4) is 11.5 Å². The Morgan fingerprint density at radius 1 is 1.03 bits per heavy atom. The highest BCUT2D eigenvalue weighted by molar-refractivity contribution is 5.88. The summed E-state index contributed by atoms with van der Waals surface area (Å²) < 4.78 is 23.8. The fourth-order valence-electron chi connectivity index (χ4n) is 3.03.